The minimum Gasteiger partial charge on any atom is -0.286 e. The van der Waals surface area contributed by atoms with E-state index in [0.29, 0.717) is 18.7 Å². The van der Waals surface area contributed by atoms with Gasteiger partial charge in [-0.1, -0.05) is 25.1 Å². The minimum atomic E-state index is -0.383. The van der Waals surface area contributed by atoms with E-state index in [1.807, 2.05) is 11.8 Å². The van der Waals surface area contributed by atoms with Crippen molar-refractivity contribution in [1.82, 2.24) is 4.90 Å². The average Bonchev–Trinajstić information content (AvgIpc) is 2.30. The average molecular weight is 233 g/mol. The van der Waals surface area contributed by atoms with Crippen molar-refractivity contribution in [1.29, 1.82) is 5.26 Å². The Morgan fingerprint density at radius 1 is 1.47 bits per heavy atom. The summed E-state index contributed by atoms with van der Waals surface area (Å²) in [4.78, 5) is 12.4. The molecule has 0 saturated heterocycles. The Morgan fingerprint density at radius 2 is 2.18 bits per heavy atom. The third-order valence-electron chi connectivity index (χ3n) is 2.42. The fourth-order valence-electron chi connectivity index (χ4n) is 1.69. The van der Waals surface area contributed by atoms with Crippen molar-refractivity contribution in [2.75, 3.05) is 13.1 Å². The van der Waals surface area contributed by atoms with Gasteiger partial charge in [-0.2, -0.15) is 5.26 Å². The molecule has 1 aromatic carbocycles. The summed E-state index contributed by atoms with van der Waals surface area (Å²) in [6.45, 7) is 3.52. The molecule has 0 amide bonds. The van der Waals surface area contributed by atoms with E-state index in [9.17, 15) is 10.1 Å². The fourth-order valence-corrected chi connectivity index (χ4v) is 1.69. The number of rotatable bonds is 6. The molecule has 17 heavy (non-hydrogen) atoms. The van der Waals surface area contributed by atoms with Crippen molar-refractivity contribution in [3.63, 3.8) is 0 Å². The van der Waals surface area contributed by atoms with Crippen molar-refractivity contribution in [2.24, 2.45) is 0 Å². The van der Waals surface area contributed by atoms with E-state index >= 15 is 0 Å². The third kappa shape index (κ3) is 3.85. The van der Waals surface area contributed by atoms with Gasteiger partial charge in [-0.05, 0) is 13.0 Å². The number of nitro benzene ring substituents is 1. The van der Waals surface area contributed by atoms with Crippen molar-refractivity contribution >= 4 is 5.69 Å². The zero-order chi connectivity index (χ0) is 12.7. The number of nitrogens with zero attached hydrogens (tertiary/aromatic N) is 3. The van der Waals surface area contributed by atoms with Crippen LogP contribution in [-0.4, -0.2) is 22.9 Å². The third-order valence-corrected chi connectivity index (χ3v) is 2.42. The summed E-state index contributed by atoms with van der Waals surface area (Å²) in [6.07, 6.45) is 0.919. The van der Waals surface area contributed by atoms with Crippen molar-refractivity contribution < 1.29 is 4.92 Å². The van der Waals surface area contributed by atoms with Crippen molar-refractivity contribution in [3.05, 3.63) is 39.9 Å². The van der Waals surface area contributed by atoms with Crippen LogP contribution in [0.4, 0.5) is 5.69 Å². The number of nitro groups is 1. The van der Waals surface area contributed by atoms with E-state index in [1.54, 1.807) is 18.2 Å². The van der Waals surface area contributed by atoms with E-state index in [-0.39, 0.29) is 10.6 Å². The molecule has 0 aliphatic heterocycles. The molecule has 0 atom stereocenters. The van der Waals surface area contributed by atoms with E-state index in [2.05, 4.69) is 6.07 Å². The first-order valence-corrected chi connectivity index (χ1v) is 5.50. The number of nitriles is 1. The van der Waals surface area contributed by atoms with Crippen molar-refractivity contribution in [2.45, 2.75) is 19.9 Å². The molecule has 0 saturated carbocycles. The lowest BCUT2D eigenvalue weighted by atomic mass is 10.1. The zero-order valence-electron chi connectivity index (χ0n) is 9.80. The molecule has 0 aliphatic carbocycles. The van der Waals surface area contributed by atoms with Gasteiger partial charge < -0.3 is 0 Å². The standard InChI is InChI=1S/C12H15N3O2/c1-2-8-14(9-7-13)10-11-5-3-4-6-12(11)15(16)17/h3-6H,2,8-10H2,1H3. The fraction of sp³-hybridized carbons (Fsp3) is 0.417. The summed E-state index contributed by atoms with van der Waals surface area (Å²) < 4.78 is 0. The smallest absolute Gasteiger partial charge is 0.273 e. The second-order valence-corrected chi connectivity index (χ2v) is 3.75. The molecule has 0 heterocycles. The summed E-state index contributed by atoms with van der Waals surface area (Å²) >= 11 is 0. The van der Waals surface area contributed by atoms with Gasteiger partial charge in [0.2, 0.25) is 0 Å². The monoisotopic (exact) mass is 233 g/mol. The normalized spacial score (nSPS) is 10.2. The van der Waals surface area contributed by atoms with Gasteiger partial charge in [0.25, 0.3) is 5.69 Å². The highest BCUT2D eigenvalue weighted by Crippen LogP contribution is 2.19. The quantitative estimate of drug-likeness (QED) is 0.429. The first-order chi connectivity index (χ1) is 8.19. The van der Waals surface area contributed by atoms with Crippen LogP contribution >= 0.6 is 0 Å². The van der Waals surface area contributed by atoms with E-state index < -0.39 is 0 Å². The van der Waals surface area contributed by atoms with Crippen LogP contribution in [0, 0.1) is 21.4 Å². The van der Waals surface area contributed by atoms with E-state index in [1.165, 1.54) is 6.07 Å². The Kier molecular flexibility index (Phi) is 5.11. The van der Waals surface area contributed by atoms with Gasteiger partial charge in [-0.3, -0.25) is 15.0 Å². The topological polar surface area (TPSA) is 70.2 Å². The highest BCUT2D eigenvalue weighted by molar-refractivity contribution is 5.39. The minimum absolute atomic E-state index is 0.117. The number of benzene rings is 1. The molecule has 0 unspecified atom stereocenters. The van der Waals surface area contributed by atoms with Crippen molar-refractivity contribution in [3.8, 4) is 6.07 Å². The lowest BCUT2D eigenvalue weighted by Crippen LogP contribution is -2.24. The molecule has 5 nitrogen and oxygen atoms in total. The maximum Gasteiger partial charge on any atom is 0.273 e. The molecule has 1 rings (SSSR count). The molecule has 0 bridgehead atoms. The Morgan fingerprint density at radius 3 is 2.76 bits per heavy atom. The van der Waals surface area contributed by atoms with Gasteiger partial charge in [-0.25, -0.2) is 0 Å². The van der Waals surface area contributed by atoms with Crippen LogP contribution in [0.5, 0.6) is 0 Å². The lowest BCUT2D eigenvalue weighted by molar-refractivity contribution is -0.385. The molecule has 90 valence electrons. The molecule has 0 aromatic heterocycles. The Labute approximate surface area is 100 Å². The van der Waals surface area contributed by atoms with Gasteiger partial charge in [-0.15, -0.1) is 0 Å². The van der Waals surface area contributed by atoms with Gasteiger partial charge in [0.05, 0.1) is 17.5 Å². The summed E-state index contributed by atoms with van der Waals surface area (Å²) in [5, 5.41) is 19.5. The van der Waals surface area contributed by atoms with E-state index in [0.717, 1.165) is 13.0 Å². The molecule has 5 heteroatoms. The first kappa shape index (κ1) is 13.1. The molecular formula is C12H15N3O2. The maximum atomic E-state index is 10.8. The largest absolute Gasteiger partial charge is 0.286 e. The van der Waals surface area contributed by atoms with Gasteiger partial charge in [0, 0.05) is 18.2 Å². The molecule has 0 radical (unpaired) electrons. The van der Waals surface area contributed by atoms with Crippen LogP contribution in [0.1, 0.15) is 18.9 Å². The van der Waals surface area contributed by atoms with Gasteiger partial charge in [0.15, 0.2) is 0 Å². The van der Waals surface area contributed by atoms with Gasteiger partial charge in [0.1, 0.15) is 0 Å². The van der Waals surface area contributed by atoms with Gasteiger partial charge >= 0.3 is 0 Å². The molecule has 0 spiro atoms. The Balaban J connectivity index is 2.85. The maximum absolute atomic E-state index is 10.8. The van der Waals surface area contributed by atoms with Crippen LogP contribution in [-0.2, 0) is 6.54 Å². The molecule has 0 fully saturated rings. The highest BCUT2D eigenvalue weighted by Gasteiger charge is 2.14. The Bertz CT molecular complexity index is 426. The SMILES string of the molecule is CCCN(CC#N)Cc1ccccc1[N+](=O)[O-]. The zero-order valence-corrected chi connectivity index (χ0v) is 9.80. The summed E-state index contributed by atoms with van der Waals surface area (Å²) in [7, 11) is 0. The number of hydrogen-bond acceptors (Lipinski definition) is 4. The Hall–Kier alpha value is -1.93. The predicted octanol–water partition coefficient (Wildman–Crippen LogP) is 2.33. The molecular weight excluding hydrogens is 218 g/mol. The highest BCUT2D eigenvalue weighted by atomic mass is 16.6. The van der Waals surface area contributed by atoms with Crippen LogP contribution in [0.15, 0.2) is 24.3 Å². The first-order valence-electron chi connectivity index (χ1n) is 5.50. The molecule has 0 N–H and O–H groups in total. The summed E-state index contributed by atoms with van der Waals surface area (Å²) in [6, 6.07) is 8.73. The second kappa shape index (κ2) is 6.61. The lowest BCUT2D eigenvalue weighted by Gasteiger charge is -2.17. The summed E-state index contributed by atoms with van der Waals surface area (Å²) in [5.74, 6) is 0. The van der Waals surface area contributed by atoms with Crippen LogP contribution in [0.2, 0.25) is 0 Å². The summed E-state index contributed by atoms with van der Waals surface area (Å²) in [5.41, 5.74) is 0.771. The predicted molar refractivity (Wildman–Crippen MR) is 64.3 cm³/mol. The molecule has 0 aliphatic rings. The van der Waals surface area contributed by atoms with Crippen LogP contribution in [0.25, 0.3) is 0 Å². The number of para-hydroxylation sites is 1. The number of hydrogen-bond donors (Lipinski definition) is 0. The second-order valence-electron chi connectivity index (χ2n) is 3.75. The van der Waals surface area contributed by atoms with Crippen LogP contribution < -0.4 is 0 Å². The van der Waals surface area contributed by atoms with E-state index in [4.69, 9.17) is 5.26 Å². The van der Waals surface area contributed by atoms with Crippen LogP contribution in [0.3, 0.4) is 0 Å². The molecule has 1 aromatic rings.